The summed E-state index contributed by atoms with van der Waals surface area (Å²) in [6.45, 7) is 1.89. The molecule has 0 saturated carbocycles. The van der Waals surface area contributed by atoms with Gasteiger partial charge < -0.3 is 10.3 Å². The number of fused-ring (bicyclic) bond motifs is 1. The van der Waals surface area contributed by atoms with Crippen molar-refractivity contribution in [2.75, 3.05) is 10.0 Å². The fraction of sp³-hybridized carbons (Fsp3) is 0.0500. The van der Waals surface area contributed by atoms with Crippen molar-refractivity contribution < 1.29 is 13.2 Å². The molecule has 6 nitrogen and oxygen atoms in total. The van der Waals surface area contributed by atoms with Crippen LogP contribution in [-0.4, -0.2) is 19.3 Å². The van der Waals surface area contributed by atoms with Gasteiger partial charge in [-0.2, -0.15) is 0 Å². The highest BCUT2D eigenvalue weighted by atomic mass is 32.2. The second kappa shape index (κ2) is 6.44. The molecule has 1 aliphatic heterocycles. The number of carbonyl (C=O) groups is 1. The van der Waals surface area contributed by atoms with Crippen molar-refractivity contribution in [1.29, 1.82) is 0 Å². The van der Waals surface area contributed by atoms with E-state index in [2.05, 4.69) is 15.0 Å². The van der Waals surface area contributed by atoms with Gasteiger partial charge in [-0.05, 0) is 61.0 Å². The zero-order valence-electron chi connectivity index (χ0n) is 14.5. The van der Waals surface area contributed by atoms with E-state index in [0.717, 1.165) is 11.3 Å². The van der Waals surface area contributed by atoms with Gasteiger partial charge in [-0.15, -0.1) is 0 Å². The molecule has 0 spiro atoms. The first-order valence-electron chi connectivity index (χ1n) is 8.33. The van der Waals surface area contributed by atoms with Crippen molar-refractivity contribution in [3.8, 4) is 0 Å². The first-order chi connectivity index (χ1) is 12.9. The molecular formula is C20H17N3O3S. The Balaban J connectivity index is 1.72. The Bertz CT molecular complexity index is 1160. The lowest BCUT2D eigenvalue weighted by atomic mass is 10.1. The van der Waals surface area contributed by atoms with Gasteiger partial charge in [0.05, 0.1) is 10.5 Å². The Morgan fingerprint density at radius 1 is 1.04 bits per heavy atom. The summed E-state index contributed by atoms with van der Waals surface area (Å²) in [5.74, 6) is -0.263. The molecule has 2 aromatic carbocycles. The largest absolute Gasteiger partial charge is 0.362 e. The SMILES string of the molecule is Cc1cccc(NS(=O)(=O)c2ccc3c(c2)/C(=C\c2ccc[nH]2)C(=O)N3)c1. The molecule has 0 radical (unpaired) electrons. The second-order valence-electron chi connectivity index (χ2n) is 6.32. The van der Waals surface area contributed by atoms with E-state index in [1.54, 1.807) is 36.5 Å². The lowest BCUT2D eigenvalue weighted by Gasteiger charge is -2.10. The van der Waals surface area contributed by atoms with E-state index in [0.29, 0.717) is 22.5 Å². The van der Waals surface area contributed by atoms with Gasteiger partial charge in [0.25, 0.3) is 15.9 Å². The topological polar surface area (TPSA) is 91.1 Å². The van der Waals surface area contributed by atoms with Gasteiger partial charge >= 0.3 is 0 Å². The number of rotatable bonds is 4. The number of aromatic nitrogens is 1. The number of anilines is 2. The number of aryl methyl sites for hydroxylation is 1. The Labute approximate surface area is 157 Å². The first kappa shape index (κ1) is 17.1. The number of nitrogens with one attached hydrogen (secondary N) is 3. The first-order valence-corrected chi connectivity index (χ1v) is 9.81. The monoisotopic (exact) mass is 379 g/mol. The maximum absolute atomic E-state index is 12.8. The van der Waals surface area contributed by atoms with Crippen LogP contribution in [0, 0.1) is 6.92 Å². The van der Waals surface area contributed by atoms with E-state index < -0.39 is 10.0 Å². The highest BCUT2D eigenvalue weighted by Crippen LogP contribution is 2.35. The predicted molar refractivity (Wildman–Crippen MR) is 106 cm³/mol. The second-order valence-corrected chi connectivity index (χ2v) is 8.00. The van der Waals surface area contributed by atoms with Crippen molar-refractivity contribution in [1.82, 2.24) is 4.98 Å². The average molecular weight is 379 g/mol. The molecule has 1 aromatic heterocycles. The number of hydrogen-bond acceptors (Lipinski definition) is 3. The summed E-state index contributed by atoms with van der Waals surface area (Å²) in [6, 6.07) is 15.4. The van der Waals surface area contributed by atoms with Crippen LogP contribution in [0.15, 0.2) is 65.7 Å². The number of amides is 1. The Morgan fingerprint density at radius 2 is 1.89 bits per heavy atom. The van der Waals surface area contributed by atoms with E-state index in [-0.39, 0.29) is 10.8 Å². The zero-order valence-corrected chi connectivity index (χ0v) is 15.3. The van der Waals surface area contributed by atoms with Crippen molar-refractivity contribution in [2.45, 2.75) is 11.8 Å². The summed E-state index contributed by atoms with van der Waals surface area (Å²) < 4.78 is 28.1. The number of aromatic amines is 1. The summed E-state index contributed by atoms with van der Waals surface area (Å²) in [5.41, 5.74) is 3.77. The van der Waals surface area contributed by atoms with Crippen molar-refractivity contribution in [2.24, 2.45) is 0 Å². The number of carbonyl (C=O) groups excluding carboxylic acids is 1. The minimum atomic E-state index is -3.78. The molecule has 136 valence electrons. The molecule has 3 aromatic rings. The number of hydrogen-bond donors (Lipinski definition) is 3. The summed E-state index contributed by atoms with van der Waals surface area (Å²) >= 11 is 0. The molecule has 0 atom stereocenters. The van der Waals surface area contributed by atoms with Gasteiger partial charge in [-0.1, -0.05) is 12.1 Å². The minimum absolute atomic E-state index is 0.0941. The van der Waals surface area contributed by atoms with Gasteiger partial charge in [0.15, 0.2) is 0 Å². The van der Waals surface area contributed by atoms with Crippen LogP contribution < -0.4 is 10.0 Å². The summed E-state index contributed by atoms with van der Waals surface area (Å²) in [7, 11) is -3.78. The fourth-order valence-corrected chi connectivity index (χ4v) is 4.07. The smallest absolute Gasteiger partial charge is 0.261 e. The number of benzene rings is 2. The van der Waals surface area contributed by atoms with Crippen LogP contribution in [0.2, 0.25) is 0 Å². The lowest BCUT2D eigenvalue weighted by Crippen LogP contribution is -2.13. The summed E-state index contributed by atoms with van der Waals surface area (Å²) in [6.07, 6.45) is 3.46. The molecule has 4 rings (SSSR count). The van der Waals surface area contributed by atoms with Gasteiger partial charge in [0, 0.05) is 28.8 Å². The van der Waals surface area contributed by atoms with Crippen molar-refractivity contribution in [3.63, 3.8) is 0 Å². The van der Waals surface area contributed by atoms with Crippen LogP contribution in [0.3, 0.4) is 0 Å². The molecule has 3 N–H and O–H groups in total. The molecule has 0 saturated heterocycles. The van der Waals surface area contributed by atoms with E-state index in [1.807, 2.05) is 25.1 Å². The average Bonchev–Trinajstić information content (AvgIpc) is 3.23. The van der Waals surface area contributed by atoms with E-state index in [4.69, 9.17) is 0 Å². The third-order valence-electron chi connectivity index (χ3n) is 4.28. The molecule has 0 unspecified atom stereocenters. The van der Waals surface area contributed by atoms with Crippen LogP contribution in [0.4, 0.5) is 11.4 Å². The Morgan fingerprint density at radius 3 is 2.63 bits per heavy atom. The quantitative estimate of drug-likeness (QED) is 0.605. The molecule has 27 heavy (non-hydrogen) atoms. The van der Waals surface area contributed by atoms with E-state index in [9.17, 15) is 13.2 Å². The predicted octanol–water partition coefficient (Wildman–Crippen LogP) is 3.62. The summed E-state index contributed by atoms with van der Waals surface area (Å²) in [5, 5.41) is 2.76. The maximum atomic E-state index is 12.8. The minimum Gasteiger partial charge on any atom is -0.362 e. The molecule has 1 amide bonds. The molecule has 0 bridgehead atoms. The van der Waals surface area contributed by atoms with Crippen LogP contribution >= 0.6 is 0 Å². The highest BCUT2D eigenvalue weighted by molar-refractivity contribution is 7.92. The molecule has 2 heterocycles. The van der Waals surface area contributed by atoms with Crippen LogP contribution in [-0.2, 0) is 14.8 Å². The van der Waals surface area contributed by atoms with Gasteiger partial charge in [-0.3, -0.25) is 9.52 Å². The standard InChI is InChI=1S/C20H17N3O3S/c1-13-4-2-5-15(10-13)23-27(25,26)16-7-8-19-17(12-16)18(20(24)22-19)11-14-6-3-9-21-14/h2-12,21,23H,1H3,(H,22,24)/b18-11+. The van der Waals surface area contributed by atoms with Gasteiger partial charge in [0.1, 0.15) is 0 Å². The molecule has 7 heteroatoms. The van der Waals surface area contributed by atoms with E-state index in [1.165, 1.54) is 12.1 Å². The van der Waals surface area contributed by atoms with Gasteiger partial charge in [0.2, 0.25) is 0 Å². The molecular weight excluding hydrogens is 362 g/mol. The van der Waals surface area contributed by atoms with Crippen molar-refractivity contribution >= 4 is 39.0 Å². The normalized spacial score (nSPS) is 14.9. The van der Waals surface area contributed by atoms with Crippen LogP contribution in [0.5, 0.6) is 0 Å². The van der Waals surface area contributed by atoms with Crippen molar-refractivity contribution in [3.05, 3.63) is 77.6 Å². The highest BCUT2D eigenvalue weighted by Gasteiger charge is 2.26. The number of H-pyrrole nitrogens is 1. The Kier molecular flexibility index (Phi) is 4.08. The fourth-order valence-electron chi connectivity index (χ4n) is 2.99. The van der Waals surface area contributed by atoms with Crippen LogP contribution in [0.1, 0.15) is 16.8 Å². The Hall–Kier alpha value is -3.32. The molecule has 0 fully saturated rings. The lowest BCUT2D eigenvalue weighted by molar-refractivity contribution is -0.110. The van der Waals surface area contributed by atoms with Crippen LogP contribution in [0.25, 0.3) is 11.6 Å². The van der Waals surface area contributed by atoms with Gasteiger partial charge in [-0.25, -0.2) is 8.42 Å². The molecule has 0 aliphatic carbocycles. The summed E-state index contributed by atoms with van der Waals surface area (Å²) in [4.78, 5) is 15.4. The molecule has 1 aliphatic rings. The third-order valence-corrected chi connectivity index (χ3v) is 5.66. The third kappa shape index (κ3) is 3.37. The number of sulfonamides is 1. The zero-order chi connectivity index (χ0) is 19.0. The van der Waals surface area contributed by atoms with E-state index >= 15 is 0 Å². The maximum Gasteiger partial charge on any atom is 0.261 e.